The van der Waals surface area contributed by atoms with Crippen LogP contribution in [0.4, 0.5) is 0 Å². The van der Waals surface area contributed by atoms with Gasteiger partial charge in [-0.25, -0.2) is 8.42 Å². The van der Waals surface area contributed by atoms with Crippen LogP contribution in [-0.4, -0.2) is 37.6 Å². The highest BCUT2D eigenvalue weighted by atomic mass is 32.2. The summed E-state index contributed by atoms with van der Waals surface area (Å²) in [7, 11) is -3.17. The SMILES string of the molecule is CCNCCCCS(=O)(=O)N(Cc1cccs1)C(C)C. The highest BCUT2D eigenvalue weighted by Crippen LogP contribution is 2.18. The standard InChI is InChI=1S/C14H26N2O2S2/c1-4-15-9-5-6-11-20(17,18)16(13(2)3)12-14-8-7-10-19-14/h7-8,10,13,15H,4-6,9,11-12H2,1-3H3. The number of nitrogens with one attached hydrogen (secondary N) is 1. The van der Waals surface area contributed by atoms with Crippen molar-refractivity contribution >= 4 is 21.4 Å². The molecule has 0 bridgehead atoms. The van der Waals surface area contributed by atoms with E-state index in [9.17, 15) is 8.42 Å². The van der Waals surface area contributed by atoms with E-state index in [-0.39, 0.29) is 11.8 Å². The third-order valence-corrected chi connectivity index (χ3v) is 6.01. The lowest BCUT2D eigenvalue weighted by atomic mass is 10.3. The second kappa shape index (κ2) is 8.77. The van der Waals surface area contributed by atoms with E-state index in [1.165, 1.54) is 0 Å². The van der Waals surface area contributed by atoms with Crippen LogP contribution in [0.15, 0.2) is 17.5 Å². The third-order valence-electron chi connectivity index (χ3n) is 3.08. The quantitative estimate of drug-likeness (QED) is 0.675. The Balaban J connectivity index is 2.55. The Morgan fingerprint density at radius 1 is 1.35 bits per heavy atom. The van der Waals surface area contributed by atoms with Gasteiger partial charge in [0, 0.05) is 17.5 Å². The second-order valence-corrected chi connectivity index (χ2v) is 8.17. The largest absolute Gasteiger partial charge is 0.317 e. The zero-order chi connectivity index (χ0) is 15.0. The topological polar surface area (TPSA) is 49.4 Å². The normalized spacial score (nSPS) is 12.4. The Bertz CT molecular complexity index is 456. The van der Waals surface area contributed by atoms with Gasteiger partial charge in [-0.15, -0.1) is 11.3 Å². The van der Waals surface area contributed by atoms with Gasteiger partial charge in [0.1, 0.15) is 0 Å². The number of thiophene rings is 1. The van der Waals surface area contributed by atoms with E-state index in [2.05, 4.69) is 12.2 Å². The summed E-state index contributed by atoms with van der Waals surface area (Å²) in [6.45, 7) is 8.23. The fraction of sp³-hybridized carbons (Fsp3) is 0.714. The lowest BCUT2D eigenvalue weighted by Gasteiger charge is -2.25. The van der Waals surface area contributed by atoms with Gasteiger partial charge in [-0.1, -0.05) is 13.0 Å². The fourth-order valence-corrected chi connectivity index (χ4v) is 4.55. The molecule has 0 unspecified atom stereocenters. The van der Waals surface area contributed by atoms with Gasteiger partial charge in [-0.3, -0.25) is 0 Å². The molecule has 20 heavy (non-hydrogen) atoms. The molecule has 0 aliphatic rings. The Hall–Kier alpha value is -0.430. The molecule has 0 aliphatic heterocycles. The van der Waals surface area contributed by atoms with Crippen molar-refractivity contribution in [1.82, 2.24) is 9.62 Å². The van der Waals surface area contributed by atoms with Gasteiger partial charge in [0.25, 0.3) is 0 Å². The van der Waals surface area contributed by atoms with Crippen molar-refractivity contribution in [2.75, 3.05) is 18.8 Å². The van der Waals surface area contributed by atoms with Gasteiger partial charge in [0.15, 0.2) is 0 Å². The van der Waals surface area contributed by atoms with Crippen molar-refractivity contribution in [2.45, 2.75) is 46.2 Å². The van der Waals surface area contributed by atoms with Gasteiger partial charge in [0.2, 0.25) is 10.0 Å². The van der Waals surface area contributed by atoms with Crippen LogP contribution in [0.5, 0.6) is 0 Å². The zero-order valence-electron chi connectivity index (χ0n) is 12.6. The number of hydrogen-bond donors (Lipinski definition) is 1. The Morgan fingerprint density at radius 2 is 2.10 bits per heavy atom. The predicted molar refractivity (Wildman–Crippen MR) is 86.6 cm³/mol. The molecule has 0 aliphatic carbocycles. The average molecular weight is 319 g/mol. The van der Waals surface area contributed by atoms with Crippen molar-refractivity contribution in [3.05, 3.63) is 22.4 Å². The highest BCUT2D eigenvalue weighted by Gasteiger charge is 2.24. The number of hydrogen-bond acceptors (Lipinski definition) is 4. The van der Waals surface area contributed by atoms with E-state index in [4.69, 9.17) is 0 Å². The molecule has 0 fully saturated rings. The summed E-state index contributed by atoms with van der Waals surface area (Å²) >= 11 is 1.60. The minimum Gasteiger partial charge on any atom is -0.317 e. The van der Waals surface area contributed by atoms with Crippen molar-refractivity contribution in [3.8, 4) is 0 Å². The first-order chi connectivity index (χ1) is 9.47. The van der Waals surface area contributed by atoms with Crippen molar-refractivity contribution in [3.63, 3.8) is 0 Å². The Morgan fingerprint density at radius 3 is 2.65 bits per heavy atom. The molecule has 0 aromatic carbocycles. The molecule has 1 aromatic rings. The maximum absolute atomic E-state index is 12.4. The van der Waals surface area contributed by atoms with E-state index in [1.807, 2.05) is 31.4 Å². The number of sulfonamides is 1. The Labute approximate surface area is 127 Å². The van der Waals surface area contributed by atoms with Crippen LogP contribution >= 0.6 is 11.3 Å². The molecule has 0 atom stereocenters. The summed E-state index contributed by atoms with van der Waals surface area (Å²) in [4.78, 5) is 1.09. The molecule has 0 saturated carbocycles. The van der Waals surface area contributed by atoms with E-state index < -0.39 is 10.0 Å². The minimum absolute atomic E-state index is 0.00383. The predicted octanol–water partition coefficient (Wildman–Crippen LogP) is 2.68. The maximum atomic E-state index is 12.4. The number of unbranched alkanes of at least 4 members (excludes halogenated alkanes) is 1. The van der Waals surface area contributed by atoms with Gasteiger partial charge in [0.05, 0.1) is 5.75 Å². The van der Waals surface area contributed by atoms with Crippen molar-refractivity contribution in [1.29, 1.82) is 0 Å². The van der Waals surface area contributed by atoms with Crippen LogP contribution in [-0.2, 0) is 16.6 Å². The highest BCUT2D eigenvalue weighted by molar-refractivity contribution is 7.89. The monoisotopic (exact) mass is 318 g/mol. The molecule has 116 valence electrons. The van der Waals surface area contributed by atoms with Crippen LogP contribution in [0.1, 0.15) is 38.5 Å². The van der Waals surface area contributed by atoms with Crippen LogP contribution in [0.25, 0.3) is 0 Å². The summed E-state index contributed by atoms with van der Waals surface area (Å²) in [5.41, 5.74) is 0. The molecule has 1 aromatic heterocycles. The summed E-state index contributed by atoms with van der Waals surface area (Å²) < 4.78 is 26.5. The van der Waals surface area contributed by atoms with Crippen LogP contribution in [0.2, 0.25) is 0 Å². The number of rotatable bonds is 10. The first kappa shape index (κ1) is 17.6. The van der Waals surface area contributed by atoms with Crippen molar-refractivity contribution in [2.24, 2.45) is 0 Å². The smallest absolute Gasteiger partial charge is 0.214 e. The van der Waals surface area contributed by atoms with Crippen LogP contribution in [0, 0.1) is 0 Å². The lowest BCUT2D eigenvalue weighted by Crippen LogP contribution is -2.37. The first-order valence-corrected chi connectivity index (χ1v) is 9.69. The molecule has 0 radical (unpaired) electrons. The maximum Gasteiger partial charge on any atom is 0.214 e. The van der Waals surface area contributed by atoms with E-state index in [1.54, 1.807) is 15.6 Å². The van der Waals surface area contributed by atoms with Gasteiger partial charge in [-0.2, -0.15) is 4.31 Å². The number of nitrogens with zero attached hydrogens (tertiary/aromatic N) is 1. The van der Waals surface area contributed by atoms with Crippen LogP contribution < -0.4 is 5.32 Å². The van der Waals surface area contributed by atoms with E-state index in [0.29, 0.717) is 13.0 Å². The third kappa shape index (κ3) is 5.91. The van der Waals surface area contributed by atoms with Gasteiger partial charge in [-0.05, 0) is 51.2 Å². The summed E-state index contributed by atoms with van der Waals surface area (Å²) in [6.07, 6.45) is 1.61. The summed E-state index contributed by atoms with van der Waals surface area (Å²) in [5.74, 6) is 0.238. The average Bonchev–Trinajstić information content (AvgIpc) is 2.88. The molecule has 0 spiro atoms. The lowest BCUT2D eigenvalue weighted by molar-refractivity contribution is 0.350. The van der Waals surface area contributed by atoms with Gasteiger partial charge >= 0.3 is 0 Å². The minimum atomic E-state index is -3.17. The molecular weight excluding hydrogens is 292 g/mol. The molecule has 0 amide bonds. The molecule has 4 nitrogen and oxygen atoms in total. The molecule has 0 saturated heterocycles. The molecule has 1 heterocycles. The van der Waals surface area contributed by atoms with Gasteiger partial charge < -0.3 is 5.32 Å². The molecule has 6 heteroatoms. The first-order valence-electron chi connectivity index (χ1n) is 7.20. The molecule has 1 N–H and O–H groups in total. The van der Waals surface area contributed by atoms with E-state index >= 15 is 0 Å². The Kier molecular flexibility index (Phi) is 7.72. The second-order valence-electron chi connectivity index (χ2n) is 5.10. The zero-order valence-corrected chi connectivity index (χ0v) is 14.3. The van der Waals surface area contributed by atoms with E-state index in [0.717, 1.165) is 24.4 Å². The fourth-order valence-electron chi connectivity index (χ4n) is 1.99. The molecular formula is C14H26N2O2S2. The summed E-state index contributed by atoms with van der Waals surface area (Å²) in [5, 5.41) is 5.20. The molecule has 1 rings (SSSR count). The summed E-state index contributed by atoms with van der Waals surface area (Å²) in [6, 6.07) is 3.94. The van der Waals surface area contributed by atoms with Crippen molar-refractivity contribution < 1.29 is 8.42 Å². The van der Waals surface area contributed by atoms with Crippen LogP contribution in [0.3, 0.4) is 0 Å².